The van der Waals surface area contributed by atoms with E-state index in [2.05, 4.69) is 5.32 Å². The molecule has 1 aliphatic heterocycles. The highest BCUT2D eigenvalue weighted by Gasteiger charge is 2.32. The van der Waals surface area contributed by atoms with Gasteiger partial charge in [0.2, 0.25) is 11.8 Å². The zero-order valence-corrected chi connectivity index (χ0v) is 30.6. The van der Waals surface area contributed by atoms with E-state index in [1.165, 1.54) is 37.3 Å². The molecule has 0 saturated carbocycles. The first-order chi connectivity index (χ1) is 25.3. The lowest BCUT2D eigenvalue weighted by atomic mass is 9.99. The van der Waals surface area contributed by atoms with Gasteiger partial charge in [-0.3, -0.25) is 28.8 Å². The van der Waals surface area contributed by atoms with Gasteiger partial charge in [-0.05, 0) is 31.5 Å². The first kappa shape index (κ1) is 40.6. The van der Waals surface area contributed by atoms with Crippen molar-refractivity contribution in [3.63, 3.8) is 0 Å². The van der Waals surface area contributed by atoms with Gasteiger partial charge < -0.3 is 39.6 Å². The van der Waals surface area contributed by atoms with Gasteiger partial charge in [0.25, 0.3) is 0 Å². The predicted molar refractivity (Wildman–Crippen MR) is 187 cm³/mol. The number of nitrogens with zero attached hydrogens (tertiary/aromatic N) is 1. The van der Waals surface area contributed by atoms with Crippen molar-refractivity contribution in [2.24, 2.45) is 5.73 Å². The number of hydrogen-bond donors (Lipinski definition) is 2. The molecule has 53 heavy (non-hydrogen) atoms. The lowest BCUT2D eigenvalue weighted by molar-refractivity contribution is -0.150. The summed E-state index contributed by atoms with van der Waals surface area (Å²) in [6, 6.07) is 4.33. The molecule has 2 heterocycles. The molecule has 0 bridgehead atoms. The second kappa shape index (κ2) is 18.6. The van der Waals surface area contributed by atoms with Crippen molar-refractivity contribution in [1.29, 1.82) is 0 Å². The fraction of sp³-hybridized carbons (Fsp3) is 0.444. The molecule has 2 aromatic carbocycles. The third-order valence-corrected chi connectivity index (χ3v) is 9.37. The molecule has 1 aliphatic rings. The number of halogens is 2. The van der Waals surface area contributed by atoms with Crippen molar-refractivity contribution in [3.8, 4) is 17.2 Å². The molecule has 14 nitrogen and oxygen atoms in total. The molecule has 0 fully saturated rings. The summed E-state index contributed by atoms with van der Waals surface area (Å²) in [5.74, 6) is -5.09. The summed E-state index contributed by atoms with van der Waals surface area (Å²) in [5.41, 5.74) is 5.43. The summed E-state index contributed by atoms with van der Waals surface area (Å²) in [7, 11) is 2.57. The third-order valence-electron chi connectivity index (χ3n) is 8.25. The first-order valence-corrected chi connectivity index (χ1v) is 17.6. The minimum Gasteiger partial charge on any atom is -0.496 e. The standard InChI is InChI=1S/C36H41F2N3O11S/c1-5-50-31(46)8-6-23(42)28-13-21-27(53-28)14-26(49-4)36(35(21)38)51-11-10-24(43)33-25(48-3)12-20-17-41(18-22(20)34(33)37)30(45)7-9-32(47)52-19(2)16-40-29(44)15-39/h12-14,19H,5-11,15-18,39H2,1-4H3,(H,40,44)/t19-/m0/s1. The molecule has 0 unspecified atom stereocenters. The van der Waals surface area contributed by atoms with Crippen molar-refractivity contribution >= 4 is 56.7 Å². The second-order valence-corrected chi connectivity index (χ2v) is 13.0. The number of fused-ring (bicyclic) bond motifs is 2. The highest BCUT2D eigenvalue weighted by molar-refractivity contribution is 7.20. The van der Waals surface area contributed by atoms with Gasteiger partial charge in [-0.15, -0.1) is 11.3 Å². The number of hydrogen-bond acceptors (Lipinski definition) is 13. The van der Waals surface area contributed by atoms with Crippen molar-refractivity contribution in [3.05, 3.63) is 51.4 Å². The Morgan fingerprint density at radius 3 is 2.30 bits per heavy atom. The molecule has 0 radical (unpaired) electrons. The largest absolute Gasteiger partial charge is 0.496 e. The quantitative estimate of drug-likeness (QED) is 0.132. The summed E-state index contributed by atoms with van der Waals surface area (Å²) < 4.78 is 58.3. The number of thiophene rings is 1. The number of ketones is 2. The minimum atomic E-state index is -0.865. The number of carbonyl (C=O) groups is 6. The normalized spacial score (nSPS) is 12.5. The maximum atomic E-state index is 15.9. The monoisotopic (exact) mass is 761 g/mol. The number of nitrogens with two attached hydrogens (primary N) is 1. The number of amides is 2. The Hall–Kier alpha value is -5.16. The molecule has 1 atom stereocenters. The van der Waals surface area contributed by atoms with Crippen LogP contribution in [0.15, 0.2) is 18.2 Å². The molecule has 3 N–H and O–H groups in total. The number of benzene rings is 2. The van der Waals surface area contributed by atoms with Crippen LogP contribution in [0.3, 0.4) is 0 Å². The van der Waals surface area contributed by atoms with Gasteiger partial charge in [-0.2, -0.15) is 0 Å². The van der Waals surface area contributed by atoms with Gasteiger partial charge >= 0.3 is 11.9 Å². The van der Waals surface area contributed by atoms with Crippen molar-refractivity contribution in [2.45, 2.75) is 65.1 Å². The van der Waals surface area contributed by atoms with Crippen molar-refractivity contribution < 1.29 is 61.2 Å². The summed E-state index contributed by atoms with van der Waals surface area (Å²) in [4.78, 5) is 75.7. The Morgan fingerprint density at radius 2 is 1.62 bits per heavy atom. The summed E-state index contributed by atoms with van der Waals surface area (Å²) in [6.07, 6.45) is -1.69. The van der Waals surface area contributed by atoms with Crippen LogP contribution >= 0.6 is 11.3 Å². The first-order valence-electron chi connectivity index (χ1n) is 16.8. The smallest absolute Gasteiger partial charge is 0.306 e. The number of Topliss-reactive ketones (excluding diaryl/α,β-unsaturated/α-hetero) is 2. The topological polar surface area (TPSA) is 190 Å². The molecule has 0 aliphatic carbocycles. The molecule has 0 spiro atoms. The van der Waals surface area contributed by atoms with Crippen LogP contribution in [0.25, 0.3) is 10.1 Å². The van der Waals surface area contributed by atoms with E-state index in [9.17, 15) is 28.8 Å². The highest BCUT2D eigenvalue weighted by atomic mass is 32.1. The predicted octanol–water partition coefficient (Wildman–Crippen LogP) is 4.00. The van der Waals surface area contributed by atoms with Gasteiger partial charge in [0, 0.05) is 54.1 Å². The molecule has 3 aromatic rings. The average molecular weight is 762 g/mol. The third kappa shape index (κ3) is 10.0. The Balaban J connectivity index is 1.38. The van der Waals surface area contributed by atoms with Gasteiger partial charge in [-0.1, -0.05) is 0 Å². The maximum absolute atomic E-state index is 15.9. The van der Waals surface area contributed by atoms with Gasteiger partial charge in [0.15, 0.2) is 28.9 Å². The summed E-state index contributed by atoms with van der Waals surface area (Å²) in [6.45, 7) is 2.80. The van der Waals surface area contributed by atoms with Crippen LogP contribution in [0.5, 0.6) is 17.2 Å². The van der Waals surface area contributed by atoms with E-state index in [0.29, 0.717) is 10.3 Å². The lowest BCUT2D eigenvalue weighted by Crippen LogP contribution is -2.37. The van der Waals surface area contributed by atoms with Gasteiger partial charge in [0.1, 0.15) is 17.7 Å². The van der Waals surface area contributed by atoms with E-state index in [0.717, 1.165) is 11.3 Å². The van der Waals surface area contributed by atoms with Crippen LogP contribution in [0.2, 0.25) is 0 Å². The van der Waals surface area contributed by atoms with E-state index in [1.807, 2.05) is 0 Å². The SMILES string of the molecule is CCOC(=O)CCC(=O)c1cc2c(F)c(OCCC(=O)c3c(OC)cc4c(c3F)CN(C(=O)CCC(=O)O[C@@H](C)CNC(=O)CN)C4)c(OC)cc2s1. The fourth-order valence-corrected chi connectivity index (χ4v) is 6.62. The number of nitrogens with one attached hydrogen (secondary N) is 1. The van der Waals surface area contributed by atoms with E-state index in [4.69, 9.17) is 29.4 Å². The van der Waals surface area contributed by atoms with Crippen LogP contribution in [0, 0.1) is 11.6 Å². The van der Waals surface area contributed by atoms with Crippen LogP contribution in [-0.4, -0.2) is 86.8 Å². The molecule has 1 aromatic heterocycles. The molecule has 2 amide bonds. The molecule has 0 saturated heterocycles. The van der Waals surface area contributed by atoms with E-state index in [1.54, 1.807) is 13.8 Å². The number of carbonyl (C=O) groups excluding carboxylic acids is 6. The van der Waals surface area contributed by atoms with Crippen LogP contribution < -0.4 is 25.3 Å². The van der Waals surface area contributed by atoms with E-state index >= 15 is 8.78 Å². The van der Waals surface area contributed by atoms with Crippen molar-refractivity contribution in [1.82, 2.24) is 10.2 Å². The number of esters is 2. The fourth-order valence-electron chi connectivity index (χ4n) is 5.57. The Bertz CT molecular complexity index is 1900. The number of ether oxygens (including phenoxy) is 5. The van der Waals surface area contributed by atoms with Crippen LogP contribution in [0.1, 0.15) is 77.1 Å². The molecular weight excluding hydrogens is 720 g/mol. The van der Waals surface area contributed by atoms with Crippen LogP contribution in [0.4, 0.5) is 8.78 Å². The Labute approximate surface area is 307 Å². The van der Waals surface area contributed by atoms with Gasteiger partial charge in [0.05, 0.1) is 63.8 Å². The van der Waals surface area contributed by atoms with Crippen LogP contribution in [-0.2, 0) is 41.7 Å². The summed E-state index contributed by atoms with van der Waals surface area (Å²) >= 11 is 1.03. The molecule has 17 heteroatoms. The highest BCUT2D eigenvalue weighted by Crippen LogP contribution is 2.41. The number of methoxy groups -OCH3 is 2. The zero-order valence-electron chi connectivity index (χ0n) is 29.8. The second-order valence-electron chi connectivity index (χ2n) is 12.0. The average Bonchev–Trinajstić information content (AvgIpc) is 3.78. The Kier molecular flexibility index (Phi) is 14.2. The molecular formula is C36H41F2N3O11S. The Morgan fingerprint density at radius 1 is 0.906 bits per heavy atom. The lowest BCUT2D eigenvalue weighted by Gasteiger charge is -2.16. The van der Waals surface area contributed by atoms with E-state index in [-0.39, 0.29) is 116 Å². The molecule has 4 rings (SSSR count). The summed E-state index contributed by atoms with van der Waals surface area (Å²) in [5, 5.41) is 2.58. The van der Waals surface area contributed by atoms with E-state index < -0.39 is 47.3 Å². The van der Waals surface area contributed by atoms with Gasteiger partial charge in [-0.25, -0.2) is 8.78 Å². The molecule has 286 valence electrons. The maximum Gasteiger partial charge on any atom is 0.306 e. The van der Waals surface area contributed by atoms with Crippen molar-refractivity contribution in [2.75, 3.05) is 40.5 Å². The zero-order chi connectivity index (χ0) is 38.8. The number of rotatable bonds is 19. The minimum absolute atomic E-state index is 0.0136.